The molecule has 1 aromatic rings. The Balaban J connectivity index is 2.73. The molecule has 0 aliphatic heterocycles. The van der Waals surface area contributed by atoms with Crippen LogP contribution in [0.25, 0.3) is 0 Å². The van der Waals surface area contributed by atoms with Gasteiger partial charge in [-0.25, -0.2) is 0 Å². The fraction of sp³-hybridized carbons (Fsp3) is 0.533. The number of carbonyl (C=O) groups is 1. The molecule has 0 saturated carbocycles. The highest BCUT2D eigenvalue weighted by molar-refractivity contribution is 5.81. The van der Waals surface area contributed by atoms with E-state index in [0.717, 1.165) is 13.0 Å². The van der Waals surface area contributed by atoms with Gasteiger partial charge in [0.25, 0.3) is 0 Å². The number of amides is 1. The number of rotatable bonds is 6. The van der Waals surface area contributed by atoms with Crippen LogP contribution in [-0.2, 0) is 11.3 Å². The average Bonchev–Trinajstić information content (AvgIpc) is 2.39. The van der Waals surface area contributed by atoms with Crippen molar-refractivity contribution in [3.8, 4) is 0 Å². The van der Waals surface area contributed by atoms with E-state index in [9.17, 15) is 4.79 Å². The molecule has 0 fully saturated rings. The van der Waals surface area contributed by atoms with E-state index < -0.39 is 0 Å². The molecule has 3 heteroatoms. The van der Waals surface area contributed by atoms with Crippen LogP contribution in [0.1, 0.15) is 31.4 Å². The Morgan fingerprint density at radius 2 is 1.94 bits per heavy atom. The zero-order valence-corrected chi connectivity index (χ0v) is 11.9. The second-order valence-electron chi connectivity index (χ2n) is 4.76. The smallest absolute Gasteiger partial charge is 0.239 e. The molecule has 0 aliphatic carbocycles. The molecule has 0 bridgehead atoms. The molecular formula is C15H24N2O. The number of benzene rings is 1. The fourth-order valence-electron chi connectivity index (χ4n) is 1.85. The predicted octanol–water partition coefficient (Wildman–Crippen LogP) is 2.34. The van der Waals surface area contributed by atoms with Gasteiger partial charge in [-0.15, -0.1) is 0 Å². The maximum absolute atomic E-state index is 12.2. The Kier molecular flexibility index (Phi) is 5.86. The van der Waals surface area contributed by atoms with Crippen molar-refractivity contribution in [2.45, 2.75) is 39.8 Å². The van der Waals surface area contributed by atoms with Crippen molar-refractivity contribution >= 4 is 5.91 Å². The molecule has 0 spiro atoms. The molecule has 0 saturated heterocycles. The van der Waals surface area contributed by atoms with Gasteiger partial charge in [0.1, 0.15) is 0 Å². The van der Waals surface area contributed by atoms with Crippen LogP contribution in [0.4, 0.5) is 0 Å². The Labute approximate surface area is 110 Å². The van der Waals surface area contributed by atoms with Gasteiger partial charge >= 0.3 is 0 Å². The van der Waals surface area contributed by atoms with E-state index in [1.54, 1.807) is 0 Å². The first-order valence-electron chi connectivity index (χ1n) is 6.60. The predicted molar refractivity (Wildman–Crippen MR) is 75.4 cm³/mol. The number of carbonyl (C=O) groups excluding carboxylic acids is 1. The first kappa shape index (κ1) is 14.7. The van der Waals surface area contributed by atoms with Gasteiger partial charge in [0.2, 0.25) is 5.91 Å². The van der Waals surface area contributed by atoms with Crippen molar-refractivity contribution in [2.24, 2.45) is 0 Å². The number of nitrogens with zero attached hydrogens (tertiary/aromatic N) is 1. The molecule has 18 heavy (non-hydrogen) atoms. The molecule has 1 rings (SSSR count). The van der Waals surface area contributed by atoms with Crippen molar-refractivity contribution in [2.75, 3.05) is 13.6 Å². The van der Waals surface area contributed by atoms with E-state index in [0.29, 0.717) is 6.54 Å². The summed E-state index contributed by atoms with van der Waals surface area (Å²) in [7, 11) is 1.82. The lowest BCUT2D eigenvalue weighted by atomic mass is 10.1. The van der Waals surface area contributed by atoms with Crippen LogP contribution >= 0.6 is 0 Å². The molecule has 1 aromatic carbocycles. The summed E-state index contributed by atoms with van der Waals surface area (Å²) >= 11 is 0. The van der Waals surface area contributed by atoms with E-state index in [-0.39, 0.29) is 11.9 Å². The minimum atomic E-state index is -0.123. The lowest BCUT2D eigenvalue weighted by molar-refractivity contribution is -0.133. The summed E-state index contributed by atoms with van der Waals surface area (Å²) in [5, 5.41) is 3.01. The minimum Gasteiger partial charge on any atom is -0.337 e. The van der Waals surface area contributed by atoms with Crippen LogP contribution in [0, 0.1) is 6.92 Å². The standard InChI is InChI=1S/C15H24N2O/c1-5-10-17(15(18)13(3)16-4)11-14-8-6-12(2)7-9-14/h6-9,13,16H,5,10-11H2,1-4H3. The summed E-state index contributed by atoms with van der Waals surface area (Å²) in [5.74, 6) is 0.167. The number of hydrogen-bond donors (Lipinski definition) is 1. The zero-order chi connectivity index (χ0) is 13.5. The lowest BCUT2D eigenvalue weighted by Gasteiger charge is -2.25. The third-order valence-corrected chi connectivity index (χ3v) is 3.10. The largest absolute Gasteiger partial charge is 0.337 e. The van der Waals surface area contributed by atoms with Crippen LogP contribution in [0.15, 0.2) is 24.3 Å². The summed E-state index contributed by atoms with van der Waals surface area (Å²) in [6.07, 6.45) is 0.980. The molecule has 0 heterocycles. The third-order valence-electron chi connectivity index (χ3n) is 3.10. The van der Waals surface area contributed by atoms with E-state index in [1.807, 2.05) is 18.9 Å². The van der Waals surface area contributed by atoms with Gasteiger partial charge in [-0.3, -0.25) is 4.79 Å². The summed E-state index contributed by atoms with van der Waals surface area (Å²) in [4.78, 5) is 14.1. The number of hydrogen-bond acceptors (Lipinski definition) is 2. The van der Waals surface area contributed by atoms with Gasteiger partial charge in [-0.05, 0) is 32.9 Å². The van der Waals surface area contributed by atoms with E-state index in [1.165, 1.54) is 11.1 Å². The highest BCUT2D eigenvalue weighted by Crippen LogP contribution is 2.09. The Morgan fingerprint density at radius 3 is 2.44 bits per heavy atom. The molecule has 3 nitrogen and oxygen atoms in total. The first-order valence-corrected chi connectivity index (χ1v) is 6.60. The molecule has 1 atom stereocenters. The quantitative estimate of drug-likeness (QED) is 0.838. The van der Waals surface area contributed by atoms with E-state index in [4.69, 9.17) is 0 Å². The SMILES string of the molecule is CCCN(Cc1ccc(C)cc1)C(=O)C(C)NC. The summed E-state index contributed by atoms with van der Waals surface area (Å²) in [6, 6.07) is 8.24. The van der Waals surface area contributed by atoms with Gasteiger partial charge < -0.3 is 10.2 Å². The summed E-state index contributed by atoms with van der Waals surface area (Å²) in [6.45, 7) is 7.57. The van der Waals surface area contributed by atoms with Crippen LogP contribution < -0.4 is 5.32 Å². The first-order chi connectivity index (χ1) is 8.58. The summed E-state index contributed by atoms with van der Waals surface area (Å²) in [5.41, 5.74) is 2.43. The Morgan fingerprint density at radius 1 is 1.33 bits per heavy atom. The average molecular weight is 248 g/mol. The van der Waals surface area contributed by atoms with Crippen LogP contribution in [0.3, 0.4) is 0 Å². The topological polar surface area (TPSA) is 32.3 Å². The number of aryl methyl sites for hydroxylation is 1. The highest BCUT2D eigenvalue weighted by atomic mass is 16.2. The normalized spacial score (nSPS) is 12.2. The minimum absolute atomic E-state index is 0.123. The molecule has 0 aromatic heterocycles. The zero-order valence-electron chi connectivity index (χ0n) is 11.9. The van der Waals surface area contributed by atoms with Gasteiger partial charge in [0.15, 0.2) is 0 Å². The molecule has 100 valence electrons. The van der Waals surface area contributed by atoms with Gasteiger partial charge in [-0.2, -0.15) is 0 Å². The fourth-order valence-corrected chi connectivity index (χ4v) is 1.85. The van der Waals surface area contributed by atoms with Gasteiger partial charge in [0.05, 0.1) is 6.04 Å². The van der Waals surface area contributed by atoms with E-state index in [2.05, 4.69) is 43.4 Å². The molecule has 1 amide bonds. The summed E-state index contributed by atoms with van der Waals surface area (Å²) < 4.78 is 0. The monoisotopic (exact) mass is 248 g/mol. The third kappa shape index (κ3) is 4.15. The molecule has 1 unspecified atom stereocenters. The second-order valence-corrected chi connectivity index (χ2v) is 4.76. The Hall–Kier alpha value is -1.35. The van der Waals surface area contributed by atoms with Crippen molar-refractivity contribution in [1.29, 1.82) is 0 Å². The molecule has 1 N–H and O–H groups in total. The van der Waals surface area contributed by atoms with Gasteiger partial charge in [-0.1, -0.05) is 36.8 Å². The number of likely N-dealkylation sites (N-methyl/N-ethyl adjacent to an activating group) is 1. The van der Waals surface area contributed by atoms with Crippen LogP contribution in [-0.4, -0.2) is 30.4 Å². The van der Waals surface area contributed by atoms with E-state index >= 15 is 0 Å². The van der Waals surface area contributed by atoms with Crippen molar-refractivity contribution in [1.82, 2.24) is 10.2 Å². The highest BCUT2D eigenvalue weighted by Gasteiger charge is 2.18. The number of nitrogens with one attached hydrogen (secondary N) is 1. The molecule has 0 aliphatic rings. The van der Waals surface area contributed by atoms with Crippen LogP contribution in [0.2, 0.25) is 0 Å². The van der Waals surface area contributed by atoms with Crippen LogP contribution in [0.5, 0.6) is 0 Å². The molecular weight excluding hydrogens is 224 g/mol. The van der Waals surface area contributed by atoms with Crippen molar-refractivity contribution in [3.63, 3.8) is 0 Å². The Bertz CT molecular complexity index is 373. The maximum atomic E-state index is 12.2. The van der Waals surface area contributed by atoms with Crippen molar-refractivity contribution in [3.05, 3.63) is 35.4 Å². The van der Waals surface area contributed by atoms with Gasteiger partial charge in [0, 0.05) is 13.1 Å². The second kappa shape index (κ2) is 7.17. The molecule has 0 radical (unpaired) electrons. The lowest BCUT2D eigenvalue weighted by Crippen LogP contribution is -2.43. The maximum Gasteiger partial charge on any atom is 0.239 e. The van der Waals surface area contributed by atoms with Crippen molar-refractivity contribution < 1.29 is 4.79 Å².